The van der Waals surface area contributed by atoms with Crippen molar-refractivity contribution in [1.29, 1.82) is 0 Å². The summed E-state index contributed by atoms with van der Waals surface area (Å²) in [6, 6.07) is 19.0. The fraction of sp³-hybridized carbons (Fsp3) is 0.250. The van der Waals surface area contributed by atoms with Crippen LogP contribution >= 0.6 is 11.3 Å². The van der Waals surface area contributed by atoms with Crippen LogP contribution in [0.25, 0.3) is 10.6 Å². The number of thiophene rings is 1. The maximum atomic E-state index is 14.1. The van der Waals surface area contributed by atoms with Crippen LogP contribution in [0.15, 0.2) is 83.3 Å². The number of rotatable bonds is 7. The average Bonchev–Trinajstić information content (AvgIpc) is 3.59. The highest BCUT2D eigenvalue weighted by molar-refractivity contribution is 7.93. The average molecular weight is 465 g/mol. The van der Waals surface area contributed by atoms with Gasteiger partial charge in [0.25, 0.3) is 10.0 Å². The molecule has 4 aromatic rings. The van der Waals surface area contributed by atoms with Gasteiger partial charge in [0.2, 0.25) is 0 Å². The molecule has 0 amide bonds. The van der Waals surface area contributed by atoms with Gasteiger partial charge in [-0.25, -0.2) is 17.7 Å². The molecule has 1 aromatic carbocycles. The van der Waals surface area contributed by atoms with E-state index in [1.165, 1.54) is 15.6 Å². The highest BCUT2D eigenvalue weighted by atomic mass is 32.2. The first-order chi connectivity index (χ1) is 15.6. The number of sulfonamides is 1. The summed E-state index contributed by atoms with van der Waals surface area (Å²) in [4.78, 5) is 5.44. The van der Waals surface area contributed by atoms with Crippen LogP contribution in [0, 0.1) is 0 Å². The monoisotopic (exact) mass is 464 g/mol. The summed E-state index contributed by atoms with van der Waals surface area (Å²) in [6.45, 7) is 0.193. The Kier molecular flexibility index (Phi) is 5.80. The molecular weight excluding hydrogens is 440 g/mol. The summed E-state index contributed by atoms with van der Waals surface area (Å²) >= 11 is 1.50. The van der Waals surface area contributed by atoms with Crippen molar-refractivity contribution in [1.82, 2.24) is 14.8 Å². The molecule has 0 spiro atoms. The first-order valence-corrected chi connectivity index (χ1v) is 13.1. The summed E-state index contributed by atoms with van der Waals surface area (Å²) in [6.07, 6.45) is 7.69. The van der Waals surface area contributed by atoms with Crippen molar-refractivity contribution in [3.05, 3.63) is 84.0 Å². The van der Waals surface area contributed by atoms with E-state index in [0.717, 1.165) is 36.1 Å². The molecule has 0 aliphatic heterocycles. The molecule has 1 aliphatic rings. The van der Waals surface area contributed by atoms with Gasteiger partial charge in [-0.1, -0.05) is 55.3 Å². The van der Waals surface area contributed by atoms with Crippen molar-refractivity contribution in [2.24, 2.45) is 0 Å². The summed E-state index contributed by atoms with van der Waals surface area (Å²) in [7, 11) is -3.92. The topological polar surface area (TPSA) is 68.1 Å². The Morgan fingerprint density at radius 1 is 1.00 bits per heavy atom. The van der Waals surface area contributed by atoms with Crippen molar-refractivity contribution in [2.75, 3.05) is 4.31 Å². The highest BCUT2D eigenvalue weighted by Crippen LogP contribution is 2.37. The van der Waals surface area contributed by atoms with Crippen molar-refractivity contribution in [3.63, 3.8) is 0 Å². The van der Waals surface area contributed by atoms with Crippen molar-refractivity contribution >= 4 is 27.2 Å². The first-order valence-electron chi connectivity index (χ1n) is 10.7. The zero-order valence-electron chi connectivity index (χ0n) is 17.5. The third-order valence-electron chi connectivity index (χ3n) is 5.79. The number of anilines is 1. The molecule has 6 nitrogen and oxygen atoms in total. The van der Waals surface area contributed by atoms with Gasteiger partial charge in [-0.3, -0.25) is 4.68 Å². The van der Waals surface area contributed by atoms with Gasteiger partial charge in [0.1, 0.15) is 16.4 Å². The lowest BCUT2D eigenvalue weighted by atomic mass is 10.2. The second-order valence-electron chi connectivity index (χ2n) is 7.92. The molecule has 0 unspecified atom stereocenters. The molecule has 1 saturated carbocycles. The van der Waals surface area contributed by atoms with Crippen LogP contribution < -0.4 is 4.31 Å². The Bertz CT molecular complexity index is 1260. The summed E-state index contributed by atoms with van der Waals surface area (Å²) in [5.74, 6) is 0.391. The summed E-state index contributed by atoms with van der Waals surface area (Å²) in [5, 5.41) is 6.73. The Hall–Kier alpha value is -2.97. The van der Waals surface area contributed by atoms with Gasteiger partial charge in [0.15, 0.2) is 0 Å². The number of nitrogens with zero attached hydrogens (tertiary/aromatic N) is 4. The second kappa shape index (κ2) is 8.88. The zero-order valence-corrected chi connectivity index (χ0v) is 19.2. The Morgan fingerprint density at radius 3 is 2.47 bits per heavy atom. The van der Waals surface area contributed by atoms with Crippen LogP contribution in [0.2, 0.25) is 0 Å². The minimum Gasteiger partial charge on any atom is -0.268 e. The molecule has 32 heavy (non-hydrogen) atoms. The van der Waals surface area contributed by atoms with Crippen LogP contribution in [0.1, 0.15) is 37.3 Å². The lowest BCUT2D eigenvalue weighted by Gasteiger charge is -2.23. The van der Waals surface area contributed by atoms with Gasteiger partial charge in [0, 0.05) is 12.4 Å². The molecule has 164 valence electrons. The summed E-state index contributed by atoms with van der Waals surface area (Å²) < 4.78 is 31.5. The smallest absolute Gasteiger partial charge is 0.268 e. The minimum atomic E-state index is -3.92. The number of hydrogen-bond donors (Lipinski definition) is 0. The number of benzene rings is 1. The molecule has 0 radical (unpaired) electrons. The van der Waals surface area contributed by atoms with Crippen molar-refractivity contribution < 1.29 is 8.42 Å². The molecule has 5 rings (SSSR count). The highest BCUT2D eigenvalue weighted by Gasteiger charge is 2.33. The third-order valence-corrected chi connectivity index (χ3v) is 8.42. The van der Waals surface area contributed by atoms with E-state index in [1.807, 2.05) is 52.5 Å². The van der Waals surface area contributed by atoms with Crippen LogP contribution in [-0.4, -0.2) is 23.2 Å². The SMILES string of the molecule is O=S(=O)(c1cn(C2CCCC2)nc1-c1cccs1)N(Cc1ccccc1)c1ccccn1. The lowest BCUT2D eigenvalue weighted by Crippen LogP contribution is -2.31. The number of pyridine rings is 1. The van der Waals surface area contributed by atoms with Gasteiger partial charge in [-0.15, -0.1) is 11.3 Å². The van der Waals surface area contributed by atoms with E-state index in [4.69, 9.17) is 5.10 Å². The molecule has 8 heteroatoms. The van der Waals surface area contributed by atoms with E-state index >= 15 is 0 Å². The molecule has 0 bridgehead atoms. The van der Waals surface area contributed by atoms with Gasteiger partial charge < -0.3 is 0 Å². The zero-order chi connectivity index (χ0) is 22.0. The molecule has 0 N–H and O–H groups in total. The van der Waals surface area contributed by atoms with E-state index in [1.54, 1.807) is 30.6 Å². The molecule has 1 aliphatic carbocycles. The van der Waals surface area contributed by atoms with Crippen LogP contribution in [0.4, 0.5) is 5.82 Å². The third kappa shape index (κ3) is 4.08. The van der Waals surface area contributed by atoms with E-state index in [9.17, 15) is 8.42 Å². The predicted molar refractivity (Wildman–Crippen MR) is 127 cm³/mol. The van der Waals surface area contributed by atoms with Gasteiger partial charge in [-0.05, 0) is 42.0 Å². The van der Waals surface area contributed by atoms with Crippen LogP contribution in [0.5, 0.6) is 0 Å². The van der Waals surface area contributed by atoms with Crippen LogP contribution in [-0.2, 0) is 16.6 Å². The Balaban J connectivity index is 1.63. The maximum absolute atomic E-state index is 14.1. The molecule has 3 heterocycles. The quantitative estimate of drug-likeness (QED) is 0.361. The van der Waals surface area contributed by atoms with Gasteiger partial charge in [-0.2, -0.15) is 5.10 Å². The maximum Gasteiger partial charge on any atom is 0.269 e. The fourth-order valence-corrected chi connectivity index (χ4v) is 6.50. The molecule has 3 aromatic heterocycles. The van der Waals surface area contributed by atoms with Crippen LogP contribution in [0.3, 0.4) is 0 Å². The Morgan fingerprint density at radius 2 is 1.78 bits per heavy atom. The normalized spacial score (nSPS) is 14.6. The van der Waals surface area contributed by atoms with Crippen molar-refractivity contribution in [3.8, 4) is 10.6 Å². The largest absolute Gasteiger partial charge is 0.269 e. The number of aromatic nitrogens is 3. The Labute approximate surface area is 192 Å². The molecule has 0 atom stereocenters. The number of hydrogen-bond acceptors (Lipinski definition) is 5. The summed E-state index contributed by atoms with van der Waals surface area (Å²) in [5.41, 5.74) is 1.41. The molecule has 0 saturated heterocycles. The minimum absolute atomic E-state index is 0.193. The first kappa shape index (κ1) is 20.9. The molecular formula is C24H24N4O2S2. The van der Waals surface area contributed by atoms with E-state index in [-0.39, 0.29) is 17.5 Å². The standard InChI is InChI=1S/C24H24N4O2S2/c29-32(30,28(23-14-6-7-15-25-23)17-19-9-2-1-3-10-19)22-18-27(20-11-4-5-12-20)26-24(22)21-13-8-16-31-21/h1-3,6-10,13-16,18,20H,4-5,11-12,17H2. The lowest BCUT2D eigenvalue weighted by molar-refractivity contribution is 0.467. The van der Waals surface area contributed by atoms with E-state index in [2.05, 4.69) is 4.98 Å². The predicted octanol–water partition coefficient (Wildman–Crippen LogP) is 5.52. The molecule has 1 fully saturated rings. The van der Waals surface area contributed by atoms with Gasteiger partial charge in [0.05, 0.1) is 17.5 Å². The second-order valence-corrected chi connectivity index (χ2v) is 10.7. The van der Waals surface area contributed by atoms with E-state index < -0.39 is 10.0 Å². The van der Waals surface area contributed by atoms with Gasteiger partial charge >= 0.3 is 0 Å². The van der Waals surface area contributed by atoms with E-state index in [0.29, 0.717) is 11.5 Å². The fourth-order valence-electron chi connectivity index (χ4n) is 4.16. The van der Waals surface area contributed by atoms with Crippen molar-refractivity contribution in [2.45, 2.75) is 43.2 Å².